The SMILES string of the molecule is Nc1ccccc1NC(=O)Cn1nc2n(c1=O)CCCC2. The van der Waals surface area contributed by atoms with Gasteiger partial charge in [-0.3, -0.25) is 9.36 Å². The standard InChI is InChI=1S/C14H17N5O2/c15-10-5-1-2-6-11(10)16-13(20)9-19-14(21)18-8-4-3-7-12(18)17-19/h1-2,5-6H,3-4,7-9,15H2,(H,16,20). The molecule has 0 aliphatic carbocycles. The first-order valence-corrected chi connectivity index (χ1v) is 6.96. The maximum Gasteiger partial charge on any atom is 0.346 e. The van der Waals surface area contributed by atoms with E-state index in [-0.39, 0.29) is 18.1 Å². The highest BCUT2D eigenvalue weighted by Crippen LogP contribution is 2.16. The van der Waals surface area contributed by atoms with Gasteiger partial charge in [0.1, 0.15) is 12.4 Å². The molecule has 0 unspecified atom stereocenters. The number of para-hydroxylation sites is 2. The van der Waals surface area contributed by atoms with Crippen molar-refractivity contribution in [3.05, 3.63) is 40.6 Å². The van der Waals surface area contributed by atoms with Crippen LogP contribution in [-0.4, -0.2) is 20.3 Å². The van der Waals surface area contributed by atoms with Crippen LogP contribution >= 0.6 is 0 Å². The van der Waals surface area contributed by atoms with Gasteiger partial charge in [-0.1, -0.05) is 12.1 Å². The molecule has 21 heavy (non-hydrogen) atoms. The topological polar surface area (TPSA) is 94.9 Å². The van der Waals surface area contributed by atoms with Gasteiger partial charge in [-0.25, -0.2) is 9.48 Å². The molecule has 0 fully saturated rings. The van der Waals surface area contributed by atoms with E-state index in [1.807, 2.05) is 0 Å². The number of nitrogens with two attached hydrogens (primary N) is 1. The highest BCUT2D eigenvalue weighted by atomic mass is 16.2. The van der Waals surface area contributed by atoms with Gasteiger partial charge in [0.25, 0.3) is 0 Å². The van der Waals surface area contributed by atoms with Crippen molar-refractivity contribution >= 4 is 17.3 Å². The minimum Gasteiger partial charge on any atom is -0.397 e. The lowest BCUT2D eigenvalue weighted by molar-refractivity contribution is -0.117. The first-order chi connectivity index (χ1) is 10.1. The molecule has 1 aromatic heterocycles. The number of hydrogen-bond donors (Lipinski definition) is 2. The molecule has 7 heteroatoms. The van der Waals surface area contributed by atoms with Crippen LogP contribution in [0.25, 0.3) is 0 Å². The van der Waals surface area contributed by atoms with Crippen LogP contribution in [0.3, 0.4) is 0 Å². The molecule has 7 nitrogen and oxygen atoms in total. The first-order valence-electron chi connectivity index (χ1n) is 6.96. The Morgan fingerprint density at radius 1 is 1.33 bits per heavy atom. The summed E-state index contributed by atoms with van der Waals surface area (Å²) in [6.07, 6.45) is 2.80. The van der Waals surface area contributed by atoms with Crippen molar-refractivity contribution in [2.45, 2.75) is 32.4 Å². The maximum atomic E-state index is 12.1. The van der Waals surface area contributed by atoms with Crippen molar-refractivity contribution in [3.8, 4) is 0 Å². The van der Waals surface area contributed by atoms with Crippen LogP contribution in [0.5, 0.6) is 0 Å². The highest BCUT2D eigenvalue weighted by molar-refractivity contribution is 5.93. The van der Waals surface area contributed by atoms with E-state index < -0.39 is 0 Å². The minimum atomic E-state index is -0.314. The molecule has 3 rings (SSSR count). The number of fused-ring (bicyclic) bond motifs is 1. The predicted octanol–water partition coefficient (Wildman–Crippen LogP) is 0.602. The molecule has 3 N–H and O–H groups in total. The largest absolute Gasteiger partial charge is 0.397 e. The van der Waals surface area contributed by atoms with Crippen LogP contribution in [0, 0.1) is 0 Å². The van der Waals surface area contributed by atoms with Crippen LogP contribution < -0.4 is 16.7 Å². The van der Waals surface area contributed by atoms with Crippen LogP contribution in [0.15, 0.2) is 29.1 Å². The zero-order chi connectivity index (χ0) is 14.8. The molecule has 1 aromatic carbocycles. The first kappa shape index (κ1) is 13.4. The van der Waals surface area contributed by atoms with E-state index in [1.54, 1.807) is 28.8 Å². The Kier molecular flexibility index (Phi) is 3.47. The second kappa shape index (κ2) is 5.43. The highest BCUT2D eigenvalue weighted by Gasteiger charge is 2.18. The number of aromatic nitrogens is 3. The number of nitrogens with one attached hydrogen (secondary N) is 1. The fraction of sp³-hybridized carbons (Fsp3) is 0.357. The van der Waals surface area contributed by atoms with Crippen LogP contribution in [0.4, 0.5) is 11.4 Å². The number of rotatable bonds is 3. The molecule has 0 radical (unpaired) electrons. The summed E-state index contributed by atoms with van der Waals surface area (Å²) in [5.74, 6) is 0.448. The third-order valence-electron chi connectivity index (χ3n) is 3.56. The van der Waals surface area contributed by atoms with E-state index in [4.69, 9.17) is 5.73 Å². The Labute approximate surface area is 121 Å². The number of anilines is 2. The summed E-state index contributed by atoms with van der Waals surface area (Å²) in [6.45, 7) is 0.578. The van der Waals surface area contributed by atoms with Gasteiger partial charge in [-0.15, -0.1) is 0 Å². The molecule has 2 heterocycles. The van der Waals surface area contributed by atoms with Gasteiger partial charge in [0, 0.05) is 13.0 Å². The van der Waals surface area contributed by atoms with Crippen molar-refractivity contribution in [2.75, 3.05) is 11.1 Å². The molecular weight excluding hydrogens is 270 g/mol. The summed E-state index contributed by atoms with van der Waals surface area (Å²) in [6, 6.07) is 7.00. The monoisotopic (exact) mass is 287 g/mol. The van der Waals surface area contributed by atoms with E-state index in [0.717, 1.165) is 25.1 Å². The Balaban J connectivity index is 1.75. The molecular formula is C14H17N5O2. The summed E-state index contributed by atoms with van der Waals surface area (Å²) in [4.78, 5) is 24.2. The summed E-state index contributed by atoms with van der Waals surface area (Å²) in [5, 5.41) is 6.92. The normalized spacial score (nSPS) is 13.7. The van der Waals surface area contributed by atoms with Gasteiger partial charge in [-0.2, -0.15) is 5.10 Å². The maximum absolute atomic E-state index is 12.1. The third-order valence-corrected chi connectivity index (χ3v) is 3.56. The summed E-state index contributed by atoms with van der Waals surface area (Å²) in [7, 11) is 0. The molecule has 1 amide bonds. The van der Waals surface area contributed by atoms with E-state index in [0.29, 0.717) is 17.9 Å². The Hall–Kier alpha value is -2.57. The third kappa shape index (κ3) is 2.67. The van der Waals surface area contributed by atoms with Gasteiger partial charge < -0.3 is 11.1 Å². The molecule has 110 valence electrons. The number of aryl methyl sites for hydroxylation is 1. The van der Waals surface area contributed by atoms with Crippen LogP contribution in [0.2, 0.25) is 0 Å². The van der Waals surface area contributed by atoms with Gasteiger partial charge in [0.05, 0.1) is 11.4 Å². The van der Waals surface area contributed by atoms with Crippen molar-refractivity contribution in [1.29, 1.82) is 0 Å². The number of nitrogens with zero attached hydrogens (tertiary/aromatic N) is 3. The predicted molar refractivity (Wildman–Crippen MR) is 78.9 cm³/mol. The Bertz CT molecular complexity index is 731. The van der Waals surface area contributed by atoms with Crippen molar-refractivity contribution < 1.29 is 4.79 Å². The second-order valence-electron chi connectivity index (χ2n) is 5.10. The number of hydrogen-bond acceptors (Lipinski definition) is 4. The number of benzene rings is 1. The molecule has 0 saturated carbocycles. The Morgan fingerprint density at radius 2 is 2.14 bits per heavy atom. The zero-order valence-electron chi connectivity index (χ0n) is 11.6. The quantitative estimate of drug-likeness (QED) is 0.808. The molecule has 0 saturated heterocycles. The number of nitrogen functional groups attached to an aromatic ring is 1. The lowest BCUT2D eigenvalue weighted by atomic mass is 10.2. The minimum absolute atomic E-state index is 0.104. The molecule has 0 bridgehead atoms. The summed E-state index contributed by atoms with van der Waals surface area (Å²) < 4.78 is 2.86. The van der Waals surface area contributed by atoms with Gasteiger partial charge in [-0.05, 0) is 25.0 Å². The lowest BCUT2D eigenvalue weighted by Crippen LogP contribution is -2.31. The van der Waals surface area contributed by atoms with Crippen LogP contribution in [-0.2, 0) is 24.3 Å². The number of carbonyl (C=O) groups excluding carboxylic acids is 1. The average Bonchev–Trinajstić information content (AvgIpc) is 2.78. The van der Waals surface area contributed by atoms with E-state index in [2.05, 4.69) is 10.4 Å². The Morgan fingerprint density at radius 3 is 2.90 bits per heavy atom. The van der Waals surface area contributed by atoms with Crippen molar-refractivity contribution in [3.63, 3.8) is 0 Å². The summed E-state index contributed by atoms with van der Waals surface area (Å²) in [5.41, 5.74) is 6.58. The van der Waals surface area contributed by atoms with E-state index in [1.165, 1.54) is 4.68 Å². The second-order valence-corrected chi connectivity index (χ2v) is 5.10. The van der Waals surface area contributed by atoms with Gasteiger partial charge >= 0.3 is 5.69 Å². The summed E-state index contributed by atoms with van der Waals surface area (Å²) >= 11 is 0. The number of amides is 1. The smallest absolute Gasteiger partial charge is 0.346 e. The average molecular weight is 287 g/mol. The molecule has 1 aliphatic heterocycles. The van der Waals surface area contributed by atoms with Gasteiger partial charge in [0.15, 0.2) is 0 Å². The van der Waals surface area contributed by atoms with Crippen molar-refractivity contribution in [1.82, 2.24) is 14.3 Å². The number of carbonyl (C=O) groups is 1. The molecule has 0 atom stereocenters. The van der Waals surface area contributed by atoms with Crippen molar-refractivity contribution in [2.24, 2.45) is 0 Å². The lowest BCUT2D eigenvalue weighted by Gasteiger charge is -2.09. The molecule has 1 aliphatic rings. The fourth-order valence-corrected chi connectivity index (χ4v) is 2.49. The van der Waals surface area contributed by atoms with E-state index >= 15 is 0 Å². The molecule has 0 spiro atoms. The zero-order valence-corrected chi connectivity index (χ0v) is 11.6. The van der Waals surface area contributed by atoms with E-state index in [9.17, 15) is 9.59 Å². The fourth-order valence-electron chi connectivity index (χ4n) is 2.49. The van der Waals surface area contributed by atoms with Crippen LogP contribution in [0.1, 0.15) is 18.7 Å². The van der Waals surface area contributed by atoms with Gasteiger partial charge in [0.2, 0.25) is 5.91 Å². The molecule has 2 aromatic rings.